The highest BCUT2D eigenvalue weighted by Crippen LogP contribution is 2.30. The van der Waals surface area contributed by atoms with Crippen LogP contribution in [0.15, 0.2) is 18.2 Å². The van der Waals surface area contributed by atoms with Gasteiger partial charge in [-0.3, -0.25) is 0 Å². The van der Waals surface area contributed by atoms with Crippen LogP contribution < -0.4 is 0 Å². The molecule has 1 N–H and O–H groups in total. The van der Waals surface area contributed by atoms with Gasteiger partial charge < -0.3 is 10.0 Å². The lowest BCUT2D eigenvalue weighted by Crippen LogP contribution is -2.48. The molecule has 4 heteroatoms. The van der Waals surface area contributed by atoms with Gasteiger partial charge in [0.2, 0.25) is 0 Å². The summed E-state index contributed by atoms with van der Waals surface area (Å²) in [5.41, 5.74) is -0.671. The molecule has 2 rings (SSSR count). The number of piperidine rings is 1. The molecular weight excluding hydrogens is 236 g/mol. The van der Waals surface area contributed by atoms with E-state index in [1.165, 1.54) is 6.07 Å². The Morgan fingerprint density at radius 3 is 2.83 bits per heavy atom. The van der Waals surface area contributed by atoms with Crippen LogP contribution in [0.25, 0.3) is 0 Å². The maximum atomic E-state index is 13.6. The van der Waals surface area contributed by atoms with Crippen LogP contribution in [0, 0.1) is 11.6 Å². The number of hydrogen-bond acceptors (Lipinski definition) is 2. The minimum absolute atomic E-state index is 0.175. The molecule has 0 aromatic heterocycles. The highest BCUT2D eigenvalue weighted by Gasteiger charge is 2.35. The molecule has 0 aliphatic carbocycles. The van der Waals surface area contributed by atoms with Crippen LogP contribution in [-0.2, 0) is 6.42 Å². The van der Waals surface area contributed by atoms with Gasteiger partial charge in [-0.15, -0.1) is 0 Å². The van der Waals surface area contributed by atoms with Crippen LogP contribution in [0.5, 0.6) is 0 Å². The molecule has 1 aliphatic heterocycles. The Kier molecular flexibility index (Phi) is 3.69. The fourth-order valence-corrected chi connectivity index (χ4v) is 2.61. The van der Waals surface area contributed by atoms with Crippen LogP contribution >= 0.6 is 0 Å². The number of hydrogen-bond donors (Lipinski definition) is 1. The van der Waals surface area contributed by atoms with Crippen molar-refractivity contribution in [2.45, 2.75) is 37.8 Å². The van der Waals surface area contributed by atoms with Crippen LogP contribution in [-0.4, -0.2) is 35.2 Å². The first-order valence-electron chi connectivity index (χ1n) is 6.27. The number of benzene rings is 1. The molecule has 0 saturated carbocycles. The van der Waals surface area contributed by atoms with Crippen LogP contribution in [0.3, 0.4) is 0 Å². The van der Waals surface area contributed by atoms with E-state index < -0.39 is 17.2 Å². The van der Waals surface area contributed by atoms with Crippen molar-refractivity contribution in [1.29, 1.82) is 0 Å². The Labute approximate surface area is 106 Å². The van der Waals surface area contributed by atoms with Gasteiger partial charge in [-0.2, -0.15) is 0 Å². The van der Waals surface area contributed by atoms with Gasteiger partial charge in [0.25, 0.3) is 0 Å². The fourth-order valence-electron chi connectivity index (χ4n) is 2.61. The third-order valence-electron chi connectivity index (χ3n) is 3.91. The van der Waals surface area contributed by atoms with Crippen LogP contribution in [0.4, 0.5) is 8.78 Å². The molecule has 18 heavy (non-hydrogen) atoms. The molecule has 2 atom stereocenters. The second-order valence-electron chi connectivity index (χ2n) is 5.40. The highest BCUT2D eigenvalue weighted by molar-refractivity contribution is 5.21. The number of rotatable bonds is 2. The Morgan fingerprint density at radius 1 is 1.44 bits per heavy atom. The molecule has 2 nitrogen and oxygen atoms in total. The molecule has 1 aromatic rings. The van der Waals surface area contributed by atoms with Crippen molar-refractivity contribution in [3.63, 3.8) is 0 Å². The summed E-state index contributed by atoms with van der Waals surface area (Å²) in [4.78, 5) is 2.16. The molecule has 1 fully saturated rings. The summed E-state index contributed by atoms with van der Waals surface area (Å²) >= 11 is 0. The Hall–Kier alpha value is -1.00. The molecule has 1 aliphatic rings. The largest absolute Gasteiger partial charge is 0.389 e. The molecule has 0 radical (unpaired) electrons. The van der Waals surface area contributed by atoms with Crippen molar-refractivity contribution in [3.8, 4) is 0 Å². The molecule has 1 saturated heterocycles. The monoisotopic (exact) mass is 255 g/mol. The second kappa shape index (κ2) is 4.94. The minimum atomic E-state index is -0.930. The zero-order valence-electron chi connectivity index (χ0n) is 10.8. The lowest BCUT2D eigenvalue weighted by atomic mass is 9.82. The number of halogens is 2. The molecule has 100 valence electrons. The van der Waals surface area contributed by atoms with E-state index in [0.717, 1.165) is 12.6 Å². The zero-order valence-corrected chi connectivity index (χ0v) is 10.8. The van der Waals surface area contributed by atoms with Crippen molar-refractivity contribution in [2.75, 3.05) is 13.6 Å². The summed E-state index contributed by atoms with van der Waals surface area (Å²) in [5, 5.41) is 10.5. The number of likely N-dealkylation sites (tertiary alicyclic amines) is 1. The zero-order chi connectivity index (χ0) is 13.3. The summed E-state index contributed by atoms with van der Waals surface area (Å²) in [6, 6.07) is 4.37. The molecule has 1 aromatic carbocycles. The lowest BCUT2D eigenvalue weighted by molar-refractivity contribution is -0.0359. The fraction of sp³-hybridized carbons (Fsp3) is 0.571. The average molecular weight is 255 g/mol. The average Bonchev–Trinajstić information content (AvgIpc) is 2.31. The van der Waals surface area contributed by atoms with E-state index in [9.17, 15) is 13.9 Å². The van der Waals surface area contributed by atoms with Crippen molar-refractivity contribution in [2.24, 2.45) is 0 Å². The molecule has 0 bridgehead atoms. The molecular formula is C14H19F2NO. The topological polar surface area (TPSA) is 23.5 Å². The SMILES string of the molecule is CC1CC(O)(Cc2cccc(F)c2F)CCN1C. The first-order chi connectivity index (χ1) is 8.41. The summed E-state index contributed by atoms with van der Waals surface area (Å²) in [5.74, 6) is -1.69. The Balaban J connectivity index is 2.15. The maximum Gasteiger partial charge on any atom is 0.162 e. The molecule has 0 spiro atoms. The molecule has 0 amide bonds. The first kappa shape index (κ1) is 13.4. The summed E-state index contributed by atoms with van der Waals surface area (Å²) in [6.45, 7) is 2.81. The van der Waals surface area contributed by atoms with E-state index in [0.29, 0.717) is 12.8 Å². The van der Waals surface area contributed by atoms with Crippen molar-refractivity contribution in [3.05, 3.63) is 35.4 Å². The van der Waals surface area contributed by atoms with Gasteiger partial charge in [-0.1, -0.05) is 12.1 Å². The van der Waals surface area contributed by atoms with E-state index >= 15 is 0 Å². The minimum Gasteiger partial charge on any atom is -0.389 e. The van der Waals surface area contributed by atoms with E-state index in [2.05, 4.69) is 4.90 Å². The highest BCUT2D eigenvalue weighted by atomic mass is 19.2. The van der Waals surface area contributed by atoms with Gasteiger partial charge in [-0.05, 0) is 38.4 Å². The van der Waals surface area contributed by atoms with E-state index in [1.54, 1.807) is 6.07 Å². The molecule has 2 unspecified atom stereocenters. The van der Waals surface area contributed by atoms with E-state index in [-0.39, 0.29) is 18.0 Å². The smallest absolute Gasteiger partial charge is 0.162 e. The number of aliphatic hydroxyl groups is 1. The van der Waals surface area contributed by atoms with E-state index in [4.69, 9.17) is 0 Å². The van der Waals surface area contributed by atoms with Gasteiger partial charge in [0.1, 0.15) is 0 Å². The second-order valence-corrected chi connectivity index (χ2v) is 5.40. The van der Waals surface area contributed by atoms with Crippen molar-refractivity contribution in [1.82, 2.24) is 4.90 Å². The van der Waals surface area contributed by atoms with Gasteiger partial charge in [-0.25, -0.2) is 8.78 Å². The third kappa shape index (κ3) is 2.70. The maximum absolute atomic E-state index is 13.6. The first-order valence-corrected chi connectivity index (χ1v) is 6.27. The summed E-state index contributed by atoms with van der Waals surface area (Å²) in [6.07, 6.45) is 1.35. The number of nitrogens with zero attached hydrogens (tertiary/aromatic N) is 1. The normalized spacial score (nSPS) is 29.5. The van der Waals surface area contributed by atoms with Crippen LogP contribution in [0.1, 0.15) is 25.3 Å². The van der Waals surface area contributed by atoms with Gasteiger partial charge >= 0.3 is 0 Å². The predicted molar refractivity (Wildman–Crippen MR) is 66.3 cm³/mol. The lowest BCUT2D eigenvalue weighted by Gasteiger charge is -2.41. The van der Waals surface area contributed by atoms with Gasteiger partial charge in [0.15, 0.2) is 11.6 Å². The standard InChI is InChI=1S/C14H19F2NO/c1-10-8-14(18,6-7-17(10)2)9-11-4-3-5-12(15)13(11)16/h3-5,10,18H,6-9H2,1-2H3. The summed E-state index contributed by atoms with van der Waals surface area (Å²) < 4.78 is 26.7. The third-order valence-corrected chi connectivity index (χ3v) is 3.91. The van der Waals surface area contributed by atoms with Gasteiger partial charge in [0, 0.05) is 19.0 Å². The van der Waals surface area contributed by atoms with Gasteiger partial charge in [0.05, 0.1) is 5.60 Å². The quantitative estimate of drug-likeness (QED) is 0.877. The van der Waals surface area contributed by atoms with Crippen LogP contribution in [0.2, 0.25) is 0 Å². The predicted octanol–water partition coefficient (Wildman–Crippen LogP) is 2.35. The van der Waals surface area contributed by atoms with Crippen molar-refractivity contribution >= 4 is 0 Å². The Morgan fingerprint density at radius 2 is 2.17 bits per heavy atom. The molecule has 1 heterocycles. The Bertz CT molecular complexity index is 438. The summed E-state index contributed by atoms with van der Waals surface area (Å²) in [7, 11) is 2.01. The van der Waals surface area contributed by atoms with Crippen molar-refractivity contribution < 1.29 is 13.9 Å². The van der Waals surface area contributed by atoms with E-state index in [1.807, 2.05) is 14.0 Å².